The number of anilines is 1. The number of hydrogen-bond acceptors (Lipinski definition) is 4. The molecule has 8 nitrogen and oxygen atoms in total. The molecule has 2 heterocycles. The van der Waals surface area contributed by atoms with E-state index in [-0.39, 0.29) is 18.5 Å². The Morgan fingerprint density at radius 1 is 1.31 bits per heavy atom. The van der Waals surface area contributed by atoms with Crippen molar-refractivity contribution in [2.24, 2.45) is 0 Å². The number of hydrogen-bond donors (Lipinski definition) is 1. The van der Waals surface area contributed by atoms with Crippen LogP contribution in [-0.4, -0.2) is 50.7 Å². The van der Waals surface area contributed by atoms with Crippen LogP contribution in [0.15, 0.2) is 36.7 Å². The maximum absolute atomic E-state index is 12.8. The molecule has 1 saturated heterocycles. The molecule has 3 rings (SSSR count). The summed E-state index contributed by atoms with van der Waals surface area (Å²) in [7, 11) is 0. The lowest BCUT2D eigenvalue weighted by molar-refractivity contribution is -0.120. The molecule has 0 spiro atoms. The van der Waals surface area contributed by atoms with E-state index in [2.05, 4.69) is 15.5 Å². The molecule has 0 saturated carbocycles. The summed E-state index contributed by atoms with van der Waals surface area (Å²) in [6.45, 7) is 5.97. The van der Waals surface area contributed by atoms with Crippen LogP contribution < -0.4 is 10.2 Å². The van der Waals surface area contributed by atoms with Crippen LogP contribution >= 0.6 is 0 Å². The summed E-state index contributed by atoms with van der Waals surface area (Å²) in [5, 5.41) is 10.7. The standard InChI is InChI=1S/C18H24N6O2/c1-3-22-13-20-21-16(22)12-19-18(26)23(4-2)15-10-11-24(17(15)25)14-8-6-5-7-9-14/h5-9,13,15H,3-4,10-12H2,1-2H3,(H,19,26). The third-order valence-electron chi connectivity index (χ3n) is 4.66. The Hall–Kier alpha value is -2.90. The number of likely N-dealkylation sites (N-methyl/N-ethyl adjacent to an activating group) is 1. The van der Waals surface area contributed by atoms with Gasteiger partial charge in [-0.25, -0.2) is 4.79 Å². The molecule has 3 amide bonds. The van der Waals surface area contributed by atoms with E-state index < -0.39 is 6.04 Å². The average Bonchev–Trinajstić information content (AvgIpc) is 3.28. The second kappa shape index (κ2) is 7.99. The number of carbonyl (C=O) groups excluding carboxylic acids is 2. The first kappa shape index (κ1) is 17.9. The lowest BCUT2D eigenvalue weighted by Gasteiger charge is -2.27. The van der Waals surface area contributed by atoms with Gasteiger partial charge in [0.2, 0.25) is 5.91 Å². The fraction of sp³-hybridized carbons (Fsp3) is 0.444. The van der Waals surface area contributed by atoms with Crippen LogP contribution in [-0.2, 0) is 17.9 Å². The predicted molar refractivity (Wildman–Crippen MR) is 97.5 cm³/mol. The molecule has 138 valence electrons. The molecule has 1 N–H and O–H groups in total. The van der Waals surface area contributed by atoms with Gasteiger partial charge in [-0.2, -0.15) is 0 Å². The van der Waals surface area contributed by atoms with E-state index in [1.807, 2.05) is 48.7 Å². The SMILES string of the molecule is CCN(C(=O)NCc1nncn1CC)C1CCN(c2ccccc2)C1=O. The second-order valence-corrected chi connectivity index (χ2v) is 6.11. The van der Waals surface area contributed by atoms with Gasteiger partial charge in [0.25, 0.3) is 0 Å². The minimum Gasteiger partial charge on any atom is -0.331 e. The van der Waals surface area contributed by atoms with Crippen molar-refractivity contribution in [3.8, 4) is 0 Å². The van der Waals surface area contributed by atoms with Crippen molar-refractivity contribution >= 4 is 17.6 Å². The highest BCUT2D eigenvalue weighted by Gasteiger charge is 2.38. The van der Waals surface area contributed by atoms with E-state index in [9.17, 15) is 9.59 Å². The third-order valence-corrected chi connectivity index (χ3v) is 4.66. The molecule has 0 aliphatic carbocycles. The predicted octanol–water partition coefficient (Wildman–Crippen LogP) is 1.63. The fourth-order valence-corrected chi connectivity index (χ4v) is 3.26. The molecule has 0 radical (unpaired) electrons. The summed E-state index contributed by atoms with van der Waals surface area (Å²) >= 11 is 0. The molecular formula is C18H24N6O2. The first-order chi connectivity index (χ1) is 12.7. The summed E-state index contributed by atoms with van der Waals surface area (Å²) in [6, 6.07) is 8.86. The van der Waals surface area contributed by atoms with Crippen molar-refractivity contribution in [3.05, 3.63) is 42.5 Å². The van der Waals surface area contributed by atoms with Crippen LogP contribution in [0.2, 0.25) is 0 Å². The van der Waals surface area contributed by atoms with Crippen molar-refractivity contribution in [2.75, 3.05) is 18.0 Å². The number of amides is 3. The number of benzene rings is 1. The summed E-state index contributed by atoms with van der Waals surface area (Å²) in [4.78, 5) is 28.8. The first-order valence-corrected chi connectivity index (χ1v) is 8.93. The van der Waals surface area contributed by atoms with Gasteiger partial charge in [-0.1, -0.05) is 18.2 Å². The first-order valence-electron chi connectivity index (χ1n) is 8.93. The third kappa shape index (κ3) is 3.54. The average molecular weight is 356 g/mol. The van der Waals surface area contributed by atoms with Gasteiger partial charge in [-0.3, -0.25) is 4.79 Å². The summed E-state index contributed by atoms with van der Waals surface area (Å²) < 4.78 is 1.87. The number of nitrogens with one attached hydrogen (secondary N) is 1. The van der Waals surface area contributed by atoms with Gasteiger partial charge in [0, 0.05) is 25.3 Å². The minimum absolute atomic E-state index is 0.0371. The zero-order valence-electron chi connectivity index (χ0n) is 15.1. The van der Waals surface area contributed by atoms with Gasteiger partial charge >= 0.3 is 6.03 Å². The molecule has 1 unspecified atom stereocenters. The van der Waals surface area contributed by atoms with Gasteiger partial charge in [-0.05, 0) is 32.4 Å². The Balaban J connectivity index is 1.65. The molecule has 1 atom stereocenters. The van der Waals surface area contributed by atoms with Crippen LogP contribution in [0.1, 0.15) is 26.1 Å². The molecule has 1 aliphatic heterocycles. The van der Waals surface area contributed by atoms with Crippen molar-refractivity contribution in [1.82, 2.24) is 25.0 Å². The Labute approximate surface area is 152 Å². The number of rotatable bonds is 6. The van der Waals surface area contributed by atoms with Crippen molar-refractivity contribution < 1.29 is 9.59 Å². The van der Waals surface area contributed by atoms with Gasteiger partial charge in [0.1, 0.15) is 12.4 Å². The number of carbonyl (C=O) groups is 2. The Morgan fingerprint density at radius 2 is 2.08 bits per heavy atom. The molecule has 1 aliphatic rings. The summed E-state index contributed by atoms with van der Waals surface area (Å²) in [5.41, 5.74) is 0.868. The quantitative estimate of drug-likeness (QED) is 0.853. The molecular weight excluding hydrogens is 332 g/mol. The molecule has 8 heteroatoms. The smallest absolute Gasteiger partial charge is 0.318 e. The van der Waals surface area contributed by atoms with Crippen molar-refractivity contribution in [1.29, 1.82) is 0 Å². The zero-order valence-corrected chi connectivity index (χ0v) is 15.1. The van der Waals surface area contributed by atoms with Crippen LogP contribution in [0.5, 0.6) is 0 Å². The van der Waals surface area contributed by atoms with E-state index in [1.54, 1.807) is 16.1 Å². The summed E-state index contributed by atoms with van der Waals surface area (Å²) in [6.07, 6.45) is 2.26. The van der Waals surface area contributed by atoms with Gasteiger partial charge in [-0.15, -0.1) is 10.2 Å². The van der Waals surface area contributed by atoms with Crippen LogP contribution in [0.4, 0.5) is 10.5 Å². The molecule has 1 aromatic carbocycles. The largest absolute Gasteiger partial charge is 0.331 e. The normalized spacial score (nSPS) is 16.8. The monoisotopic (exact) mass is 356 g/mol. The van der Waals surface area contributed by atoms with Gasteiger partial charge in [0.05, 0.1) is 6.54 Å². The van der Waals surface area contributed by atoms with Crippen LogP contribution in [0.25, 0.3) is 0 Å². The highest BCUT2D eigenvalue weighted by atomic mass is 16.2. The van der Waals surface area contributed by atoms with E-state index in [1.165, 1.54) is 0 Å². The van der Waals surface area contributed by atoms with E-state index >= 15 is 0 Å². The summed E-state index contributed by atoms with van der Waals surface area (Å²) in [5.74, 6) is 0.658. The maximum atomic E-state index is 12.8. The number of nitrogens with zero attached hydrogens (tertiary/aromatic N) is 5. The van der Waals surface area contributed by atoms with Gasteiger partial charge < -0.3 is 19.7 Å². The van der Waals surface area contributed by atoms with E-state index in [0.717, 1.165) is 12.2 Å². The van der Waals surface area contributed by atoms with E-state index in [0.29, 0.717) is 25.3 Å². The van der Waals surface area contributed by atoms with Crippen LogP contribution in [0.3, 0.4) is 0 Å². The fourth-order valence-electron chi connectivity index (χ4n) is 3.26. The topological polar surface area (TPSA) is 83.4 Å². The molecule has 2 aromatic rings. The Bertz CT molecular complexity index is 760. The Kier molecular flexibility index (Phi) is 5.50. The highest BCUT2D eigenvalue weighted by Crippen LogP contribution is 2.24. The number of aryl methyl sites for hydroxylation is 1. The Morgan fingerprint density at radius 3 is 2.77 bits per heavy atom. The molecule has 1 aromatic heterocycles. The highest BCUT2D eigenvalue weighted by molar-refractivity contribution is 6.01. The number of urea groups is 1. The number of aromatic nitrogens is 3. The number of para-hydroxylation sites is 1. The second-order valence-electron chi connectivity index (χ2n) is 6.11. The maximum Gasteiger partial charge on any atom is 0.318 e. The van der Waals surface area contributed by atoms with Crippen molar-refractivity contribution in [3.63, 3.8) is 0 Å². The van der Waals surface area contributed by atoms with Crippen LogP contribution in [0, 0.1) is 0 Å². The van der Waals surface area contributed by atoms with Crippen molar-refractivity contribution in [2.45, 2.75) is 39.4 Å². The molecule has 0 bridgehead atoms. The van der Waals surface area contributed by atoms with Gasteiger partial charge in [0.15, 0.2) is 5.82 Å². The molecule has 26 heavy (non-hydrogen) atoms. The lowest BCUT2D eigenvalue weighted by Crippen LogP contribution is -2.49. The molecule has 1 fully saturated rings. The van der Waals surface area contributed by atoms with E-state index in [4.69, 9.17) is 0 Å². The minimum atomic E-state index is -0.441. The lowest BCUT2D eigenvalue weighted by atomic mass is 10.2. The zero-order chi connectivity index (χ0) is 18.5.